The lowest BCUT2D eigenvalue weighted by molar-refractivity contribution is -0.274. The second-order valence-electron chi connectivity index (χ2n) is 7.57. The average molecular weight is 462 g/mol. The Bertz CT molecular complexity index is 865. The number of halogens is 4. The van der Waals surface area contributed by atoms with Gasteiger partial charge in [-0.2, -0.15) is 0 Å². The topological polar surface area (TPSA) is 93.5 Å². The Morgan fingerprint density at radius 3 is 2.26 bits per heavy atom. The van der Waals surface area contributed by atoms with Crippen molar-refractivity contribution in [2.75, 3.05) is 0 Å². The first-order valence-electron chi connectivity index (χ1n) is 9.55. The van der Waals surface area contributed by atoms with Crippen molar-refractivity contribution in [2.24, 2.45) is 17.6 Å². The minimum absolute atomic E-state index is 0.00276. The van der Waals surface area contributed by atoms with Gasteiger partial charge in [0, 0.05) is 16.5 Å². The Morgan fingerprint density at radius 1 is 1.13 bits per heavy atom. The molecule has 6 nitrogen and oxygen atoms in total. The Morgan fingerprint density at radius 2 is 1.74 bits per heavy atom. The van der Waals surface area contributed by atoms with E-state index < -0.39 is 24.1 Å². The molecule has 1 aromatic rings. The van der Waals surface area contributed by atoms with Crippen molar-refractivity contribution in [1.29, 1.82) is 0 Å². The second kappa shape index (κ2) is 11.1. The molecular weight excluding hydrogens is 435 g/mol. The van der Waals surface area contributed by atoms with Crippen LogP contribution < -0.4 is 21.1 Å². The van der Waals surface area contributed by atoms with Gasteiger partial charge in [0.25, 0.3) is 5.91 Å². The van der Waals surface area contributed by atoms with Crippen LogP contribution in [0.25, 0.3) is 0 Å². The summed E-state index contributed by atoms with van der Waals surface area (Å²) in [5, 5.41) is 5.21. The second-order valence-corrected chi connectivity index (χ2v) is 8.01. The summed E-state index contributed by atoms with van der Waals surface area (Å²) in [6, 6.07) is 2.90. The molecule has 0 aliphatic carbocycles. The molecule has 172 valence electrons. The lowest BCUT2D eigenvalue weighted by atomic mass is 10.1. The van der Waals surface area contributed by atoms with E-state index in [1.54, 1.807) is 26.8 Å². The minimum Gasteiger partial charge on any atom is -0.406 e. The number of ether oxygens (including phenoxy) is 1. The molecule has 0 spiro atoms. The van der Waals surface area contributed by atoms with E-state index in [0.717, 1.165) is 12.1 Å². The van der Waals surface area contributed by atoms with Gasteiger partial charge in [0.15, 0.2) is 0 Å². The summed E-state index contributed by atoms with van der Waals surface area (Å²) in [5.41, 5.74) is 6.34. The summed E-state index contributed by atoms with van der Waals surface area (Å²) in [7, 11) is 0. The smallest absolute Gasteiger partial charge is 0.406 e. The Balaban J connectivity index is 3.07. The van der Waals surface area contributed by atoms with Gasteiger partial charge in [-0.05, 0) is 42.7 Å². The van der Waals surface area contributed by atoms with E-state index in [4.69, 9.17) is 17.3 Å². The number of rotatable bonds is 8. The third kappa shape index (κ3) is 9.78. The lowest BCUT2D eigenvalue weighted by Gasteiger charge is -2.18. The maximum atomic E-state index is 12.8. The molecule has 1 rings (SSSR count). The predicted molar refractivity (Wildman–Crippen MR) is 113 cm³/mol. The fourth-order valence-corrected chi connectivity index (χ4v) is 2.66. The molecule has 1 unspecified atom stereocenters. The molecule has 0 saturated carbocycles. The van der Waals surface area contributed by atoms with E-state index in [2.05, 4.69) is 15.4 Å². The summed E-state index contributed by atoms with van der Waals surface area (Å²) in [6.07, 6.45) is -1.89. The van der Waals surface area contributed by atoms with Crippen LogP contribution in [0.1, 0.15) is 46.2 Å². The molecule has 1 atom stereocenters. The van der Waals surface area contributed by atoms with Crippen molar-refractivity contribution < 1.29 is 27.5 Å². The molecule has 10 heteroatoms. The van der Waals surface area contributed by atoms with Crippen LogP contribution in [-0.4, -0.2) is 18.2 Å². The molecule has 0 saturated heterocycles. The third-order valence-electron chi connectivity index (χ3n) is 3.85. The van der Waals surface area contributed by atoms with Gasteiger partial charge < -0.3 is 21.1 Å². The van der Waals surface area contributed by atoms with Crippen molar-refractivity contribution in [3.63, 3.8) is 0 Å². The fourth-order valence-electron chi connectivity index (χ4n) is 2.43. The molecule has 2 amide bonds. The zero-order valence-electron chi connectivity index (χ0n) is 17.9. The van der Waals surface area contributed by atoms with Gasteiger partial charge in [0.05, 0.1) is 6.04 Å². The first-order valence-corrected chi connectivity index (χ1v) is 9.92. The summed E-state index contributed by atoms with van der Waals surface area (Å²) in [6.45, 7) is 8.69. The molecule has 0 bridgehead atoms. The Kier molecular flexibility index (Phi) is 9.42. The van der Waals surface area contributed by atoms with Crippen LogP contribution >= 0.6 is 11.6 Å². The summed E-state index contributed by atoms with van der Waals surface area (Å²) < 4.78 is 41.5. The standard InChI is InChI=1S/C21H27ClF3N3O3/c1-11(2)6-15(9-18(26)28-19(29)12(3)4)20(30)27-13(5)14-7-16(22)10-17(8-14)31-21(23,24)25/h6-13H,26H2,1-5H3,(H,27,30)(H,28,29)/b15-6+,18-9+. The summed E-state index contributed by atoms with van der Waals surface area (Å²) in [5.74, 6) is -1.64. The largest absolute Gasteiger partial charge is 0.573 e. The number of benzene rings is 1. The Labute approximate surface area is 184 Å². The first-order chi connectivity index (χ1) is 14.2. The van der Waals surface area contributed by atoms with Gasteiger partial charge in [0.2, 0.25) is 5.91 Å². The zero-order chi connectivity index (χ0) is 23.9. The number of hydrogen-bond donors (Lipinski definition) is 3. The van der Waals surface area contributed by atoms with Crippen LogP contribution in [0.5, 0.6) is 5.75 Å². The van der Waals surface area contributed by atoms with Crippen LogP contribution in [0.2, 0.25) is 5.02 Å². The number of amides is 2. The SMILES string of the molecule is CC(C)/C=C(\C=C(/N)NC(=O)C(C)C)C(=O)NC(C)c1cc(Cl)cc(OC(F)(F)F)c1. The zero-order valence-corrected chi connectivity index (χ0v) is 18.7. The van der Waals surface area contributed by atoms with E-state index in [0.29, 0.717) is 5.56 Å². The van der Waals surface area contributed by atoms with Crippen LogP contribution in [0.15, 0.2) is 41.7 Å². The van der Waals surface area contributed by atoms with Crippen molar-refractivity contribution in [3.8, 4) is 5.75 Å². The van der Waals surface area contributed by atoms with Crippen molar-refractivity contribution >= 4 is 23.4 Å². The van der Waals surface area contributed by atoms with Crippen molar-refractivity contribution in [2.45, 2.75) is 47.0 Å². The highest BCUT2D eigenvalue weighted by Crippen LogP contribution is 2.29. The van der Waals surface area contributed by atoms with Gasteiger partial charge in [-0.1, -0.05) is 45.4 Å². The molecule has 0 aromatic heterocycles. The van der Waals surface area contributed by atoms with Gasteiger partial charge in [-0.3, -0.25) is 9.59 Å². The highest BCUT2D eigenvalue weighted by molar-refractivity contribution is 6.30. The average Bonchev–Trinajstić information content (AvgIpc) is 2.58. The Hall–Kier alpha value is -2.68. The number of carbonyl (C=O) groups is 2. The molecule has 0 fully saturated rings. The number of carbonyl (C=O) groups excluding carboxylic acids is 2. The van der Waals surface area contributed by atoms with Crippen molar-refractivity contribution in [3.05, 3.63) is 52.3 Å². The van der Waals surface area contributed by atoms with E-state index in [1.807, 2.05) is 13.8 Å². The third-order valence-corrected chi connectivity index (χ3v) is 4.07. The highest BCUT2D eigenvalue weighted by atomic mass is 35.5. The minimum atomic E-state index is -4.87. The molecule has 1 aromatic carbocycles. The quantitative estimate of drug-likeness (QED) is 0.390. The maximum absolute atomic E-state index is 12.8. The monoisotopic (exact) mass is 461 g/mol. The number of alkyl halides is 3. The highest BCUT2D eigenvalue weighted by Gasteiger charge is 2.31. The summed E-state index contributed by atoms with van der Waals surface area (Å²) in [4.78, 5) is 24.6. The van der Waals surface area contributed by atoms with Crippen LogP contribution in [0.4, 0.5) is 13.2 Å². The van der Waals surface area contributed by atoms with Gasteiger partial charge in [0.1, 0.15) is 11.6 Å². The molecule has 0 aliphatic heterocycles. The molecule has 0 radical (unpaired) electrons. The van der Waals surface area contributed by atoms with Crippen LogP contribution in [-0.2, 0) is 9.59 Å². The molecule has 31 heavy (non-hydrogen) atoms. The molecular formula is C21H27ClF3N3O3. The number of nitrogens with one attached hydrogen (secondary N) is 2. The molecule has 0 aliphatic rings. The predicted octanol–water partition coefficient (Wildman–Crippen LogP) is 4.57. The summed E-state index contributed by atoms with van der Waals surface area (Å²) >= 11 is 5.90. The fraction of sp³-hybridized carbons (Fsp3) is 0.429. The van der Waals surface area contributed by atoms with Gasteiger partial charge in [-0.15, -0.1) is 13.2 Å². The van der Waals surface area contributed by atoms with E-state index in [1.165, 1.54) is 12.1 Å². The number of hydrogen-bond acceptors (Lipinski definition) is 4. The molecule has 4 N–H and O–H groups in total. The van der Waals surface area contributed by atoms with E-state index in [-0.39, 0.29) is 34.2 Å². The molecule has 0 heterocycles. The van der Waals surface area contributed by atoms with Crippen molar-refractivity contribution in [1.82, 2.24) is 10.6 Å². The van der Waals surface area contributed by atoms with Gasteiger partial charge >= 0.3 is 6.36 Å². The van der Waals surface area contributed by atoms with Gasteiger partial charge in [-0.25, -0.2) is 0 Å². The lowest BCUT2D eigenvalue weighted by Crippen LogP contribution is -2.32. The number of allylic oxidation sites excluding steroid dienone is 1. The number of nitrogens with two attached hydrogens (primary N) is 1. The van der Waals surface area contributed by atoms with Crippen LogP contribution in [0, 0.1) is 11.8 Å². The normalized spacial score (nSPS) is 13.9. The first kappa shape index (κ1) is 26.4. The maximum Gasteiger partial charge on any atom is 0.573 e. The van der Waals surface area contributed by atoms with Crippen LogP contribution in [0.3, 0.4) is 0 Å². The van der Waals surface area contributed by atoms with E-state index >= 15 is 0 Å². The van der Waals surface area contributed by atoms with E-state index in [9.17, 15) is 22.8 Å².